The minimum Gasteiger partial charge on any atom is -0.477 e. The topological polar surface area (TPSA) is 99.6 Å². The van der Waals surface area contributed by atoms with Gasteiger partial charge in [-0.1, -0.05) is 22.9 Å². The molecule has 2 amide bonds. The monoisotopic (exact) mass is 289 g/mol. The van der Waals surface area contributed by atoms with Crippen LogP contribution in [0.3, 0.4) is 0 Å². The number of imide groups is 1. The van der Waals surface area contributed by atoms with E-state index in [2.05, 4.69) is 10.3 Å². The Morgan fingerprint density at radius 1 is 1.61 bits per heavy atom. The predicted molar refractivity (Wildman–Crippen MR) is 64.0 cm³/mol. The molecule has 18 heavy (non-hydrogen) atoms. The zero-order valence-corrected chi connectivity index (χ0v) is 10.7. The number of halogens is 1. The molecule has 1 aromatic rings. The largest absolute Gasteiger partial charge is 0.477 e. The third-order valence-electron chi connectivity index (χ3n) is 2.44. The second kappa shape index (κ2) is 4.54. The molecule has 1 aromatic heterocycles. The van der Waals surface area contributed by atoms with Gasteiger partial charge in [-0.3, -0.25) is 14.9 Å². The van der Waals surface area contributed by atoms with Crippen LogP contribution in [0.1, 0.15) is 16.6 Å². The molecule has 7 nitrogen and oxygen atoms in total. The molecule has 2 heterocycles. The average molecular weight is 290 g/mol. The van der Waals surface area contributed by atoms with Gasteiger partial charge in [0.2, 0.25) is 11.8 Å². The van der Waals surface area contributed by atoms with Gasteiger partial charge >= 0.3 is 5.97 Å². The van der Waals surface area contributed by atoms with Crippen LogP contribution in [-0.4, -0.2) is 40.5 Å². The third kappa shape index (κ3) is 2.16. The summed E-state index contributed by atoms with van der Waals surface area (Å²) >= 11 is 6.52. The van der Waals surface area contributed by atoms with E-state index >= 15 is 0 Å². The molecule has 1 atom stereocenters. The molecular weight excluding hydrogens is 282 g/mol. The number of aromatic carboxylic acids is 1. The van der Waals surface area contributed by atoms with Crippen molar-refractivity contribution in [2.75, 3.05) is 11.4 Å². The second-order valence-corrected chi connectivity index (χ2v) is 4.97. The Morgan fingerprint density at radius 2 is 2.28 bits per heavy atom. The number of carbonyl (C=O) groups excluding carboxylic acids is 2. The highest BCUT2D eigenvalue weighted by Gasteiger charge is 2.33. The van der Waals surface area contributed by atoms with E-state index in [0.717, 1.165) is 11.3 Å². The van der Waals surface area contributed by atoms with Crippen LogP contribution in [0, 0.1) is 0 Å². The quantitative estimate of drug-likeness (QED) is 0.762. The van der Waals surface area contributed by atoms with Crippen LogP contribution >= 0.6 is 22.9 Å². The Kier molecular flexibility index (Phi) is 3.22. The van der Waals surface area contributed by atoms with Gasteiger partial charge in [0.25, 0.3) is 0 Å². The van der Waals surface area contributed by atoms with Crippen molar-refractivity contribution in [3.8, 4) is 0 Å². The summed E-state index contributed by atoms with van der Waals surface area (Å²) in [6, 6.07) is -0.605. The highest BCUT2D eigenvalue weighted by Crippen LogP contribution is 2.31. The van der Waals surface area contributed by atoms with Crippen LogP contribution in [0.5, 0.6) is 0 Å². The lowest BCUT2D eigenvalue weighted by Gasteiger charge is -2.31. The van der Waals surface area contributed by atoms with Gasteiger partial charge in [0.05, 0.1) is 0 Å². The summed E-state index contributed by atoms with van der Waals surface area (Å²) in [5.41, 5.74) is 0. The number of thiazole rings is 1. The van der Waals surface area contributed by atoms with Gasteiger partial charge in [0.15, 0.2) is 15.2 Å². The van der Waals surface area contributed by atoms with Crippen molar-refractivity contribution in [2.24, 2.45) is 0 Å². The van der Waals surface area contributed by atoms with Crippen molar-refractivity contribution in [3.63, 3.8) is 0 Å². The molecule has 9 heteroatoms. The number of carboxylic acid groups (broad SMARTS) is 1. The van der Waals surface area contributed by atoms with Gasteiger partial charge in [-0.2, -0.15) is 0 Å². The van der Waals surface area contributed by atoms with Crippen molar-refractivity contribution < 1.29 is 19.5 Å². The van der Waals surface area contributed by atoms with E-state index in [1.54, 1.807) is 6.92 Å². The Balaban J connectivity index is 2.35. The van der Waals surface area contributed by atoms with E-state index < -0.39 is 23.8 Å². The molecule has 0 aromatic carbocycles. The number of hydrogen-bond acceptors (Lipinski definition) is 6. The first-order chi connectivity index (χ1) is 8.40. The van der Waals surface area contributed by atoms with E-state index in [9.17, 15) is 14.4 Å². The van der Waals surface area contributed by atoms with Crippen LogP contribution < -0.4 is 10.2 Å². The molecule has 0 radical (unpaired) electrons. The SMILES string of the molecule is CC1C(=O)NC(=O)CN1c1nc(Cl)c(C(=O)O)s1. The van der Waals surface area contributed by atoms with E-state index in [1.807, 2.05) is 0 Å². The lowest BCUT2D eigenvalue weighted by molar-refractivity contribution is -0.132. The van der Waals surface area contributed by atoms with Gasteiger partial charge in [0.1, 0.15) is 12.6 Å². The standard InChI is InChI=1S/C9H8ClN3O4S/c1-3-7(15)11-4(14)2-13(3)9-12-6(10)5(18-9)8(16)17/h3H,2H2,1H3,(H,16,17)(H,11,14,15). The maximum Gasteiger partial charge on any atom is 0.349 e. The third-order valence-corrected chi connectivity index (χ3v) is 3.90. The fourth-order valence-corrected chi connectivity index (χ4v) is 2.70. The molecule has 1 unspecified atom stereocenters. The summed E-state index contributed by atoms with van der Waals surface area (Å²) in [4.78, 5) is 38.8. The first-order valence-electron chi connectivity index (χ1n) is 4.90. The van der Waals surface area contributed by atoms with Gasteiger partial charge in [-0.15, -0.1) is 0 Å². The van der Waals surface area contributed by atoms with Crippen molar-refractivity contribution in [1.29, 1.82) is 0 Å². The molecule has 2 rings (SSSR count). The number of nitrogens with zero attached hydrogens (tertiary/aromatic N) is 2. The van der Waals surface area contributed by atoms with Crippen LogP contribution in [0.2, 0.25) is 5.15 Å². The number of piperazine rings is 1. The number of nitrogens with one attached hydrogen (secondary N) is 1. The number of aromatic nitrogens is 1. The Morgan fingerprint density at radius 3 is 2.83 bits per heavy atom. The molecule has 0 spiro atoms. The van der Waals surface area contributed by atoms with Crippen molar-refractivity contribution >= 4 is 45.9 Å². The summed E-state index contributed by atoms with van der Waals surface area (Å²) in [5.74, 6) is -2.10. The summed E-state index contributed by atoms with van der Waals surface area (Å²) in [5, 5.41) is 11.1. The van der Waals surface area contributed by atoms with Gasteiger partial charge in [-0.25, -0.2) is 9.78 Å². The van der Waals surface area contributed by atoms with Crippen molar-refractivity contribution in [1.82, 2.24) is 10.3 Å². The molecule has 1 aliphatic heterocycles. The normalized spacial score (nSPS) is 19.9. The highest BCUT2D eigenvalue weighted by atomic mass is 35.5. The lowest BCUT2D eigenvalue weighted by Crippen LogP contribution is -2.57. The smallest absolute Gasteiger partial charge is 0.349 e. The minimum atomic E-state index is -1.19. The van der Waals surface area contributed by atoms with Crippen LogP contribution in [0.4, 0.5) is 5.13 Å². The van der Waals surface area contributed by atoms with E-state index in [0.29, 0.717) is 0 Å². The Hall–Kier alpha value is -1.67. The average Bonchev–Trinajstić information content (AvgIpc) is 2.65. The number of carbonyl (C=O) groups is 3. The summed E-state index contributed by atoms with van der Waals surface area (Å²) in [6.07, 6.45) is 0. The molecule has 1 saturated heterocycles. The van der Waals surface area contributed by atoms with Crippen LogP contribution in [0.25, 0.3) is 0 Å². The number of anilines is 1. The van der Waals surface area contributed by atoms with Gasteiger partial charge in [-0.05, 0) is 6.92 Å². The number of rotatable bonds is 2. The molecule has 2 N–H and O–H groups in total. The zero-order valence-electron chi connectivity index (χ0n) is 9.14. The van der Waals surface area contributed by atoms with E-state index in [-0.39, 0.29) is 21.7 Å². The lowest BCUT2D eigenvalue weighted by atomic mass is 10.2. The number of carboxylic acids is 1. The number of hydrogen-bond donors (Lipinski definition) is 2. The maximum absolute atomic E-state index is 11.5. The molecule has 0 saturated carbocycles. The first-order valence-corrected chi connectivity index (χ1v) is 6.09. The Bertz CT molecular complexity index is 544. The maximum atomic E-state index is 11.5. The molecule has 1 fully saturated rings. The summed E-state index contributed by atoms with van der Waals surface area (Å²) in [7, 11) is 0. The molecule has 96 valence electrons. The number of amides is 2. The Labute approximate surface area is 110 Å². The molecule has 1 aliphatic rings. The van der Waals surface area contributed by atoms with Crippen molar-refractivity contribution in [3.05, 3.63) is 10.0 Å². The molecule has 0 bridgehead atoms. The zero-order chi connectivity index (χ0) is 13.4. The molecular formula is C9H8ClN3O4S. The predicted octanol–water partition coefficient (Wildman–Crippen LogP) is 0.346. The van der Waals surface area contributed by atoms with Crippen molar-refractivity contribution in [2.45, 2.75) is 13.0 Å². The highest BCUT2D eigenvalue weighted by molar-refractivity contribution is 7.18. The van der Waals surface area contributed by atoms with E-state index in [4.69, 9.17) is 16.7 Å². The fraction of sp³-hybridized carbons (Fsp3) is 0.333. The van der Waals surface area contributed by atoms with Gasteiger partial charge in [0, 0.05) is 0 Å². The fourth-order valence-electron chi connectivity index (χ4n) is 1.49. The first kappa shape index (κ1) is 12.8. The summed E-state index contributed by atoms with van der Waals surface area (Å²) in [6.45, 7) is 1.54. The van der Waals surface area contributed by atoms with Crippen LogP contribution in [0.15, 0.2) is 0 Å². The van der Waals surface area contributed by atoms with Crippen LogP contribution in [-0.2, 0) is 9.59 Å². The molecule has 0 aliphatic carbocycles. The second-order valence-electron chi connectivity index (χ2n) is 3.64. The van der Waals surface area contributed by atoms with E-state index in [1.165, 1.54) is 4.90 Å². The van der Waals surface area contributed by atoms with Gasteiger partial charge < -0.3 is 10.0 Å². The minimum absolute atomic E-state index is 0.0597. The summed E-state index contributed by atoms with van der Waals surface area (Å²) < 4.78 is 0.